The van der Waals surface area contributed by atoms with Gasteiger partial charge in [-0.1, -0.05) is 26.0 Å². The summed E-state index contributed by atoms with van der Waals surface area (Å²) in [6.45, 7) is 4.52. The molecule has 0 aliphatic heterocycles. The molecule has 0 saturated heterocycles. The topological polar surface area (TPSA) is 46.5 Å². The van der Waals surface area contributed by atoms with Gasteiger partial charge < -0.3 is 5.11 Å². The zero-order valence-corrected chi connectivity index (χ0v) is 9.91. The van der Waals surface area contributed by atoms with Crippen molar-refractivity contribution >= 4 is 13.3 Å². The third kappa shape index (κ3) is 4.08. The maximum atomic E-state index is 11.6. The van der Waals surface area contributed by atoms with E-state index in [0.717, 1.165) is 5.56 Å². The third-order valence-electron chi connectivity index (χ3n) is 1.85. The second kappa shape index (κ2) is 5.96. The van der Waals surface area contributed by atoms with E-state index in [0.29, 0.717) is 17.8 Å². The van der Waals surface area contributed by atoms with Crippen molar-refractivity contribution in [3.05, 3.63) is 29.8 Å². The maximum absolute atomic E-state index is 11.6. The number of aliphatic hydroxyl groups is 1. The van der Waals surface area contributed by atoms with Crippen LogP contribution in [-0.4, -0.2) is 11.7 Å². The molecule has 0 aliphatic carbocycles. The second-order valence-corrected chi connectivity index (χ2v) is 5.06. The van der Waals surface area contributed by atoms with Crippen molar-refractivity contribution in [1.29, 1.82) is 0 Å². The Balaban J connectivity index is 2.58. The minimum absolute atomic E-state index is 0.00388. The largest absolute Gasteiger partial charge is 0.548 e. The third-order valence-corrected chi connectivity index (χ3v) is 2.96. The molecule has 1 N–H and O–H groups in total. The maximum Gasteiger partial charge on any atom is 0.548 e. The van der Waals surface area contributed by atoms with Crippen molar-refractivity contribution in [2.75, 3.05) is 6.61 Å². The number of hydrogen-bond donors (Lipinski definition) is 1. The molecular weight excluding hydrogens is 211 g/mol. The van der Waals surface area contributed by atoms with E-state index < -0.39 is 8.03 Å². The average Bonchev–Trinajstić information content (AvgIpc) is 2.26. The highest BCUT2D eigenvalue weighted by Gasteiger charge is 2.21. The lowest BCUT2D eigenvalue weighted by atomic mass is 10.2. The van der Waals surface area contributed by atoms with Crippen LogP contribution in [0.4, 0.5) is 0 Å². The lowest BCUT2D eigenvalue weighted by Gasteiger charge is -1.96. The fourth-order valence-electron chi connectivity index (χ4n) is 1.01. The van der Waals surface area contributed by atoms with Crippen LogP contribution in [0.15, 0.2) is 24.3 Å². The van der Waals surface area contributed by atoms with Gasteiger partial charge in [-0.25, -0.2) is 0 Å². The Hall–Kier alpha value is -0.760. The van der Waals surface area contributed by atoms with Gasteiger partial charge in [0.2, 0.25) is 5.30 Å². The van der Waals surface area contributed by atoms with Crippen LogP contribution in [0.1, 0.15) is 19.4 Å². The van der Waals surface area contributed by atoms with Crippen molar-refractivity contribution in [3.63, 3.8) is 0 Å². The Bertz CT molecular complexity index is 319. The van der Waals surface area contributed by atoms with Crippen LogP contribution >= 0.6 is 8.03 Å². The molecule has 0 amide bonds. The first kappa shape index (κ1) is 12.3. The first-order valence-corrected chi connectivity index (χ1v) is 6.11. The standard InChI is InChI=1S/C11H16O3P/c1-9(2)8-14-15(13)11-5-3-10(7-12)4-6-11/h3-6,9,12H,7-8H2,1-2H3/q+1. The van der Waals surface area contributed by atoms with Crippen LogP contribution in [-0.2, 0) is 15.7 Å². The Kier molecular flexibility index (Phi) is 4.89. The van der Waals surface area contributed by atoms with E-state index in [2.05, 4.69) is 0 Å². The molecule has 0 fully saturated rings. The highest BCUT2D eigenvalue weighted by Crippen LogP contribution is 2.22. The summed E-state index contributed by atoms with van der Waals surface area (Å²) < 4.78 is 16.8. The van der Waals surface area contributed by atoms with Crippen LogP contribution in [0, 0.1) is 5.92 Å². The molecule has 1 atom stereocenters. The number of benzene rings is 1. The molecule has 1 aromatic rings. The lowest BCUT2D eigenvalue weighted by molar-refractivity contribution is 0.281. The average molecular weight is 227 g/mol. The molecule has 0 spiro atoms. The van der Waals surface area contributed by atoms with Crippen molar-refractivity contribution in [2.45, 2.75) is 20.5 Å². The summed E-state index contributed by atoms with van der Waals surface area (Å²) in [7, 11) is -1.76. The molecule has 0 radical (unpaired) electrons. The molecule has 3 nitrogen and oxygen atoms in total. The van der Waals surface area contributed by atoms with Crippen molar-refractivity contribution in [3.8, 4) is 0 Å². The molecule has 0 aliphatic rings. The van der Waals surface area contributed by atoms with Crippen LogP contribution in [0.2, 0.25) is 0 Å². The normalized spacial score (nSPS) is 11.9. The Labute approximate surface area is 91.0 Å². The summed E-state index contributed by atoms with van der Waals surface area (Å²) >= 11 is 0. The molecule has 0 heterocycles. The second-order valence-electron chi connectivity index (χ2n) is 3.77. The van der Waals surface area contributed by atoms with Crippen molar-refractivity contribution in [1.82, 2.24) is 0 Å². The first-order valence-electron chi connectivity index (χ1n) is 4.93. The summed E-state index contributed by atoms with van der Waals surface area (Å²) in [5.74, 6) is 0.376. The van der Waals surface area contributed by atoms with Crippen LogP contribution in [0.5, 0.6) is 0 Å². The quantitative estimate of drug-likeness (QED) is 0.784. The van der Waals surface area contributed by atoms with Crippen LogP contribution < -0.4 is 5.30 Å². The zero-order valence-electron chi connectivity index (χ0n) is 9.01. The Morgan fingerprint density at radius 3 is 2.40 bits per heavy atom. The molecule has 1 aromatic carbocycles. The van der Waals surface area contributed by atoms with E-state index in [9.17, 15) is 4.57 Å². The van der Waals surface area contributed by atoms with Crippen molar-refractivity contribution in [2.24, 2.45) is 5.92 Å². The van der Waals surface area contributed by atoms with Gasteiger partial charge in [0.1, 0.15) is 6.61 Å². The number of aliphatic hydroxyl groups excluding tert-OH is 1. The minimum atomic E-state index is -1.76. The molecule has 1 unspecified atom stereocenters. The molecule has 4 heteroatoms. The first-order chi connectivity index (χ1) is 7.13. The lowest BCUT2D eigenvalue weighted by Crippen LogP contribution is -2.03. The molecular formula is C11H16O3P+. The van der Waals surface area contributed by atoms with Crippen LogP contribution in [0.3, 0.4) is 0 Å². The van der Waals surface area contributed by atoms with Gasteiger partial charge in [0.25, 0.3) is 0 Å². The fraction of sp³-hybridized carbons (Fsp3) is 0.455. The number of hydrogen-bond acceptors (Lipinski definition) is 3. The molecule has 0 saturated carbocycles. The van der Waals surface area contributed by atoms with Crippen molar-refractivity contribution < 1.29 is 14.2 Å². The summed E-state index contributed by atoms with van der Waals surface area (Å²) in [5, 5.41) is 9.51. The van der Waals surface area contributed by atoms with Gasteiger partial charge in [-0.15, -0.1) is 4.52 Å². The van der Waals surface area contributed by atoms with Gasteiger partial charge >= 0.3 is 8.03 Å². The van der Waals surface area contributed by atoms with E-state index in [1.54, 1.807) is 24.3 Å². The van der Waals surface area contributed by atoms with E-state index in [-0.39, 0.29) is 6.61 Å². The Morgan fingerprint density at radius 1 is 1.33 bits per heavy atom. The smallest absolute Gasteiger partial charge is 0.392 e. The highest BCUT2D eigenvalue weighted by atomic mass is 31.1. The van der Waals surface area contributed by atoms with Gasteiger partial charge in [-0.3, -0.25) is 0 Å². The SMILES string of the molecule is CC(C)CO[P+](=O)c1ccc(CO)cc1. The monoisotopic (exact) mass is 227 g/mol. The van der Waals surface area contributed by atoms with Gasteiger partial charge in [0.05, 0.1) is 6.61 Å². The van der Waals surface area contributed by atoms with E-state index in [1.807, 2.05) is 13.8 Å². The van der Waals surface area contributed by atoms with E-state index in [4.69, 9.17) is 9.63 Å². The Morgan fingerprint density at radius 2 is 1.93 bits per heavy atom. The predicted octanol–water partition coefficient (Wildman–Crippen LogP) is 2.22. The summed E-state index contributed by atoms with van der Waals surface area (Å²) in [4.78, 5) is 0. The molecule has 0 bridgehead atoms. The zero-order chi connectivity index (χ0) is 11.3. The highest BCUT2D eigenvalue weighted by molar-refractivity contribution is 7.48. The van der Waals surface area contributed by atoms with Gasteiger partial charge in [0.15, 0.2) is 0 Å². The summed E-state index contributed by atoms with van der Waals surface area (Å²) in [5.41, 5.74) is 0.811. The molecule has 0 aromatic heterocycles. The van der Waals surface area contributed by atoms with Gasteiger partial charge in [-0.2, -0.15) is 0 Å². The minimum Gasteiger partial charge on any atom is -0.392 e. The molecule has 15 heavy (non-hydrogen) atoms. The van der Waals surface area contributed by atoms with E-state index in [1.165, 1.54) is 0 Å². The number of rotatable bonds is 5. The van der Waals surface area contributed by atoms with Gasteiger partial charge in [-0.05, 0) is 28.2 Å². The predicted molar refractivity (Wildman–Crippen MR) is 60.4 cm³/mol. The summed E-state index contributed by atoms with van der Waals surface area (Å²) in [6.07, 6.45) is 0. The van der Waals surface area contributed by atoms with Gasteiger partial charge in [0, 0.05) is 0 Å². The molecule has 82 valence electrons. The molecule has 1 rings (SSSR count). The fourth-order valence-corrected chi connectivity index (χ4v) is 1.99. The summed E-state index contributed by atoms with van der Waals surface area (Å²) in [6, 6.07) is 6.96. The van der Waals surface area contributed by atoms with E-state index >= 15 is 0 Å². The van der Waals surface area contributed by atoms with Crippen LogP contribution in [0.25, 0.3) is 0 Å².